The van der Waals surface area contributed by atoms with Gasteiger partial charge in [-0.3, -0.25) is 0 Å². The fraction of sp³-hybridized carbons (Fsp3) is 0.211. The van der Waals surface area contributed by atoms with E-state index in [1.165, 1.54) is 21.4 Å². The summed E-state index contributed by atoms with van der Waals surface area (Å²) in [6.07, 6.45) is 4.25. The Bertz CT molecular complexity index is 870. The molecular weight excluding hydrogens is 334 g/mol. The minimum absolute atomic E-state index is 0.723. The lowest BCUT2D eigenvalue weighted by atomic mass is 10.2. The zero-order valence-corrected chi connectivity index (χ0v) is 15.7. The lowest BCUT2D eigenvalue weighted by Gasteiger charge is -2.21. The zero-order chi connectivity index (χ0) is 17.1. The molecule has 0 fully saturated rings. The van der Waals surface area contributed by atoms with Crippen LogP contribution in [-0.4, -0.2) is 27.9 Å². The standard InChI is InChI=1S/C19H21N3S2/c1-21-12-14(17-9-4-5-10-18(17)21)13-22(2)19(23)20-15-7-6-8-16(11-15)24-3/h4-12H,13H2,1-3H3,(H,20,23). The Balaban J connectivity index is 1.73. The Kier molecular flexibility index (Phi) is 5.11. The van der Waals surface area contributed by atoms with Gasteiger partial charge in [-0.1, -0.05) is 24.3 Å². The predicted molar refractivity (Wildman–Crippen MR) is 109 cm³/mol. The van der Waals surface area contributed by atoms with Crippen molar-refractivity contribution in [2.75, 3.05) is 18.6 Å². The van der Waals surface area contributed by atoms with Gasteiger partial charge in [-0.2, -0.15) is 0 Å². The van der Waals surface area contributed by atoms with E-state index in [-0.39, 0.29) is 0 Å². The number of aryl methyl sites for hydroxylation is 1. The molecule has 0 aliphatic heterocycles. The lowest BCUT2D eigenvalue weighted by molar-refractivity contribution is 0.510. The Hall–Kier alpha value is -1.98. The number of hydrogen-bond donors (Lipinski definition) is 1. The molecule has 3 rings (SSSR count). The number of benzene rings is 2. The number of aromatic nitrogens is 1. The quantitative estimate of drug-likeness (QED) is 0.539. The fourth-order valence-corrected chi connectivity index (χ4v) is 3.44. The highest BCUT2D eigenvalue weighted by molar-refractivity contribution is 7.98. The molecule has 3 nitrogen and oxygen atoms in total. The van der Waals surface area contributed by atoms with Gasteiger partial charge in [-0.15, -0.1) is 11.8 Å². The van der Waals surface area contributed by atoms with Gasteiger partial charge in [0.05, 0.1) is 0 Å². The van der Waals surface area contributed by atoms with Gasteiger partial charge in [0, 0.05) is 48.3 Å². The molecule has 0 aliphatic carbocycles. The average Bonchev–Trinajstić information content (AvgIpc) is 2.91. The highest BCUT2D eigenvalue weighted by Crippen LogP contribution is 2.22. The zero-order valence-electron chi connectivity index (χ0n) is 14.1. The van der Waals surface area contributed by atoms with E-state index in [0.717, 1.165) is 17.3 Å². The number of thiocarbonyl (C=S) groups is 1. The molecule has 0 radical (unpaired) electrons. The van der Waals surface area contributed by atoms with Crippen LogP contribution in [0.15, 0.2) is 59.6 Å². The van der Waals surface area contributed by atoms with Crippen LogP contribution in [0.2, 0.25) is 0 Å². The number of para-hydroxylation sites is 1. The highest BCUT2D eigenvalue weighted by Gasteiger charge is 2.11. The summed E-state index contributed by atoms with van der Waals surface area (Å²) >= 11 is 7.29. The maximum Gasteiger partial charge on any atom is 0.173 e. The van der Waals surface area contributed by atoms with E-state index >= 15 is 0 Å². The van der Waals surface area contributed by atoms with E-state index in [2.05, 4.69) is 70.7 Å². The van der Waals surface area contributed by atoms with Crippen LogP contribution in [0.4, 0.5) is 5.69 Å². The second kappa shape index (κ2) is 7.28. The van der Waals surface area contributed by atoms with Crippen LogP contribution >= 0.6 is 24.0 Å². The average molecular weight is 356 g/mol. The summed E-state index contributed by atoms with van der Waals surface area (Å²) in [7, 11) is 4.10. The molecule has 2 aromatic carbocycles. The molecule has 5 heteroatoms. The van der Waals surface area contributed by atoms with Crippen LogP contribution < -0.4 is 5.32 Å². The molecule has 1 aromatic heterocycles. The van der Waals surface area contributed by atoms with Crippen molar-refractivity contribution in [3.8, 4) is 0 Å². The van der Waals surface area contributed by atoms with E-state index in [1.54, 1.807) is 11.8 Å². The number of hydrogen-bond acceptors (Lipinski definition) is 2. The molecule has 24 heavy (non-hydrogen) atoms. The molecule has 3 aromatic rings. The third kappa shape index (κ3) is 3.57. The Morgan fingerprint density at radius 3 is 2.79 bits per heavy atom. The first-order valence-electron chi connectivity index (χ1n) is 7.77. The number of anilines is 1. The van der Waals surface area contributed by atoms with Crippen molar-refractivity contribution in [2.45, 2.75) is 11.4 Å². The van der Waals surface area contributed by atoms with Crippen molar-refractivity contribution < 1.29 is 0 Å². The van der Waals surface area contributed by atoms with Crippen LogP contribution in [0, 0.1) is 0 Å². The van der Waals surface area contributed by atoms with Crippen LogP contribution in [0.5, 0.6) is 0 Å². The summed E-state index contributed by atoms with van der Waals surface area (Å²) in [4.78, 5) is 3.29. The normalized spacial score (nSPS) is 10.8. The van der Waals surface area contributed by atoms with Crippen LogP contribution in [0.25, 0.3) is 10.9 Å². The van der Waals surface area contributed by atoms with Crippen LogP contribution in [-0.2, 0) is 13.6 Å². The molecule has 1 N–H and O–H groups in total. The highest BCUT2D eigenvalue weighted by atomic mass is 32.2. The van der Waals surface area contributed by atoms with Crippen molar-refractivity contribution in [3.05, 3.63) is 60.3 Å². The van der Waals surface area contributed by atoms with Crippen molar-refractivity contribution in [1.29, 1.82) is 0 Å². The molecular formula is C19H21N3S2. The number of rotatable bonds is 4. The molecule has 0 bridgehead atoms. The third-order valence-electron chi connectivity index (χ3n) is 4.05. The fourth-order valence-electron chi connectivity index (χ4n) is 2.80. The van der Waals surface area contributed by atoms with Crippen molar-refractivity contribution >= 4 is 45.7 Å². The minimum atomic E-state index is 0.723. The molecule has 0 saturated heterocycles. The summed E-state index contributed by atoms with van der Waals surface area (Å²) in [5, 5.41) is 5.33. The van der Waals surface area contributed by atoms with Crippen molar-refractivity contribution in [1.82, 2.24) is 9.47 Å². The first-order chi connectivity index (χ1) is 11.6. The Labute approximate surface area is 152 Å². The van der Waals surface area contributed by atoms with Gasteiger partial charge in [0.25, 0.3) is 0 Å². The van der Waals surface area contributed by atoms with Crippen LogP contribution in [0.3, 0.4) is 0 Å². The van der Waals surface area contributed by atoms with E-state index < -0.39 is 0 Å². The number of fused-ring (bicyclic) bond motifs is 1. The maximum atomic E-state index is 5.57. The first-order valence-corrected chi connectivity index (χ1v) is 9.41. The van der Waals surface area contributed by atoms with Gasteiger partial charge < -0.3 is 14.8 Å². The molecule has 0 atom stereocenters. The van der Waals surface area contributed by atoms with Gasteiger partial charge in [0.2, 0.25) is 0 Å². The molecule has 0 amide bonds. The Morgan fingerprint density at radius 2 is 2.00 bits per heavy atom. The maximum absolute atomic E-state index is 5.57. The van der Waals surface area contributed by atoms with E-state index in [9.17, 15) is 0 Å². The molecule has 0 spiro atoms. The summed E-state index contributed by atoms with van der Waals surface area (Å²) < 4.78 is 2.16. The van der Waals surface area contributed by atoms with Crippen LogP contribution in [0.1, 0.15) is 5.56 Å². The van der Waals surface area contributed by atoms with Gasteiger partial charge in [0.15, 0.2) is 5.11 Å². The van der Waals surface area contributed by atoms with Gasteiger partial charge in [-0.05, 0) is 48.3 Å². The Morgan fingerprint density at radius 1 is 1.21 bits per heavy atom. The smallest absolute Gasteiger partial charge is 0.173 e. The van der Waals surface area contributed by atoms with Gasteiger partial charge in [-0.25, -0.2) is 0 Å². The summed E-state index contributed by atoms with van der Waals surface area (Å²) in [5.41, 5.74) is 3.54. The molecule has 124 valence electrons. The second-order valence-electron chi connectivity index (χ2n) is 5.80. The predicted octanol–water partition coefficient (Wildman–Crippen LogP) is 4.73. The van der Waals surface area contributed by atoms with Crippen molar-refractivity contribution in [2.24, 2.45) is 7.05 Å². The molecule has 0 unspecified atom stereocenters. The number of nitrogens with zero attached hydrogens (tertiary/aromatic N) is 2. The van der Waals surface area contributed by atoms with Gasteiger partial charge >= 0.3 is 0 Å². The van der Waals surface area contributed by atoms with Crippen molar-refractivity contribution in [3.63, 3.8) is 0 Å². The first kappa shape index (κ1) is 16.9. The minimum Gasteiger partial charge on any atom is -0.350 e. The summed E-state index contributed by atoms with van der Waals surface area (Å²) in [6, 6.07) is 16.7. The van der Waals surface area contributed by atoms with E-state index in [4.69, 9.17) is 12.2 Å². The monoisotopic (exact) mass is 355 g/mol. The molecule has 0 saturated carbocycles. The topological polar surface area (TPSA) is 20.2 Å². The second-order valence-corrected chi connectivity index (χ2v) is 7.07. The van der Waals surface area contributed by atoms with E-state index in [0.29, 0.717) is 0 Å². The molecule has 0 aliphatic rings. The summed E-state index contributed by atoms with van der Waals surface area (Å²) in [6.45, 7) is 0.773. The summed E-state index contributed by atoms with van der Waals surface area (Å²) in [5.74, 6) is 0. The largest absolute Gasteiger partial charge is 0.350 e. The number of nitrogens with one attached hydrogen (secondary N) is 1. The third-order valence-corrected chi connectivity index (χ3v) is 5.19. The lowest BCUT2D eigenvalue weighted by Crippen LogP contribution is -2.30. The SMILES string of the molecule is CSc1cccc(NC(=S)N(C)Cc2cn(C)c3ccccc23)c1. The van der Waals surface area contributed by atoms with Gasteiger partial charge in [0.1, 0.15) is 0 Å². The number of thioether (sulfide) groups is 1. The van der Waals surface area contributed by atoms with E-state index in [1.807, 2.05) is 19.2 Å². The molecule has 1 heterocycles.